The minimum atomic E-state index is -0.773. The standard InChI is InChI=1S/C25H24ClN5O5S/c1-25(2)34-15-20(36-25)14-31-22(32)29-21(30(24(31)33)13-16-3-5-17(26)6-4-16)28-18-7-9-19(10-8-18)35-23-27-11-12-37-23/h3-12,20H,13-15H2,1-2H3,(H,28,29,32)/t20-/m0/s1. The molecular formula is C25H24ClN5O5S. The maximum Gasteiger partial charge on any atom is 0.335 e. The summed E-state index contributed by atoms with van der Waals surface area (Å²) in [6, 6.07) is 14.0. The Labute approximate surface area is 220 Å². The van der Waals surface area contributed by atoms with Crippen LogP contribution in [0.25, 0.3) is 0 Å². The van der Waals surface area contributed by atoms with Gasteiger partial charge in [-0.05, 0) is 55.8 Å². The number of hydrogen-bond donors (Lipinski definition) is 1. The number of hydrogen-bond acceptors (Lipinski definition) is 8. The van der Waals surface area contributed by atoms with Gasteiger partial charge in [0.2, 0.25) is 5.62 Å². The zero-order valence-corrected chi connectivity index (χ0v) is 21.7. The van der Waals surface area contributed by atoms with E-state index in [2.05, 4.69) is 15.0 Å². The number of halogens is 1. The number of rotatable bonds is 7. The summed E-state index contributed by atoms with van der Waals surface area (Å²) in [7, 11) is 0. The van der Waals surface area contributed by atoms with Crippen molar-refractivity contribution in [2.75, 3.05) is 6.61 Å². The number of nitrogens with zero attached hydrogens (tertiary/aromatic N) is 4. The Morgan fingerprint density at radius 2 is 1.92 bits per heavy atom. The van der Waals surface area contributed by atoms with Crippen LogP contribution in [-0.4, -0.2) is 37.6 Å². The molecule has 1 saturated heterocycles. The number of H-pyrrole nitrogens is 1. The summed E-state index contributed by atoms with van der Waals surface area (Å²) in [6.07, 6.45) is 1.22. The van der Waals surface area contributed by atoms with E-state index >= 15 is 0 Å². The number of aromatic amines is 1. The molecule has 1 aliphatic rings. The Morgan fingerprint density at radius 1 is 1.16 bits per heavy atom. The van der Waals surface area contributed by atoms with Crippen LogP contribution in [0.1, 0.15) is 19.4 Å². The van der Waals surface area contributed by atoms with Gasteiger partial charge >= 0.3 is 11.4 Å². The molecule has 37 heavy (non-hydrogen) atoms. The maximum absolute atomic E-state index is 13.6. The van der Waals surface area contributed by atoms with Crippen LogP contribution in [0.3, 0.4) is 0 Å². The Morgan fingerprint density at radius 3 is 2.57 bits per heavy atom. The zero-order chi connectivity index (χ0) is 26.0. The lowest BCUT2D eigenvalue weighted by atomic mass is 10.2. The fraction of sp³-hybridized carbons (Fsp3) is 0.280. The molecule has 0 saturated carbocycles. The van der Waals surface area contributed by atoms with E-state index in [1.165, 1.54) is 15.9 Å². The van der Waals surface area contributed by atoms with Crippen molar-refractivity contribution in [3.05, 3.63) is 97.3 Å². The molecule has 12 heteroatoms. The number of thiazole rings is 1. The quantitative estimate of drug-likeness (QED) is 0.382. The van der Waals surface area contributed by atoms with Crippen LogP contribution in [0.15, 0.2) is 74.7 Å². The smallest absolute Gasteiger partial charge is 0.335 e. The molecule has 5 rings (SSSR count). The van der Waals surface area contributed by atoms with Crippen LogP contribution in [0.4, 0.5) is 5.69 Å². The van der Waals surface area contributed by atoms with E-state index in [-0.39, 0.29) is 25.3 Å². The van der Waals surface area contributed by atoms with Gasteiger partial charge in [0.25, 0.3) is 5.19 Å². The van der Waals surface area contributed by atoms with Crippen molar-refractivity contribution >= 4 is 28.6 Å². The predicted molar refractivity (Wildman–Crippen MR) is 139 cm³/mol. The molecule has 1 atom stereocenters. The van der Waals surface area contributed by atoms with E-state index in [9.17, 15) is 9.59 Å². The molecule has 0 unspecified atom stereocenters. The lowest BCUT2D eigenvalue weighted by Gasteiger charge is -2.17. The molecule has 0 spiro atoms. The first-order valence-corrected chi connectivity index (χ1v) is 12.7. The highest BCUT2D eigenvalue weighted by Gasteiger charge is 2.33. The summed E-state index contributed by atoms with van der Waals surface area (Å²) < 4.78 is 19.6. The van der Waals surface area contributed by atoms with Gasteiger partial charge in [0, 0.05) is 16.6 Å². The van der Waals surface area contributed by atoms with Gasteiger partial charge in [0.15, 0.2) is 5.79 Å². The minimum absolute atomic E-state index is 0.0429. The molecular weight excluding hydrogens is 518 g/mol. The molecule has 1 fully saturated rings. The van der Waals surface area contributed by atoms with E-state index in [1.54, 1.807) is 56.4 Å². The van der Waals surface area contributed by atoms with Crippen LogP contribution >= 0.6 is 22.9 Å². The number of benzene rings is 2. The molecule has 2 aromatic heterocycles. The first-order valence-electron chi connectivity index (χ1n) is 11.5. The van der Waals surface area contributed by atoms with Crippen LogP contribution in [0, 0.1) is 0 Å². The Balaban J connectivity index is 1.52. The molecule has 0 radical (unpaired) electrons. The Kier molecular flexibility index (Phi) is 7.11. The average molecular weight is 542 g/mol. The second-order valence-electron chi connectivity index (χ2n) is 8.82. The summed E-state index contributed by atoms with van der Waals surface area (Å²) in [5, 5.41) is 2.93. The molecule has 0 bridgehead atoms. The first kappa shape index (κ1) is 25.2. The van der Waals surface area contributed by atoms with E-state index in [1.807, 2.05) is 17.5 Å². The molecule has 4 aromatic rings. The molecule has 10 nitrogen and oxygen atoms in total. The molecule has 0 amide bonds. The number of nitrogens with one attached hydrogen (secondary N) is 1. The van der Waals surface area contributed by atoms with Crippen LogP contribution in [0.5, 0.6) is 10.9 Å². The SMILES string of the molecule is CC1(C)OC[C@H](Cn2c(=O)[nH]/c(=N\c3ccc(Oc4nccs4)cc3)n(Cc3ccc(Cl)cc3)c2=O)O1. The van der Waals surface area contributed by atoms with Gasteiger partial charge in [0.1, 0.15) is 11.9 Å². The second-order valence-corrected chi connectivity index (χ2v) is 10.1. The fourth-order valence-electron chi connectivity index (χ4n) is 3.85. The van der Waals surface area contributed by atoms with Crippen molar-refractivity contribution in [2.45, 2.75) is 38.8 Å². The number of ether oxygens (including phenoxy) is 3. The van der Waals surface area contributed by atoms with Crippen LogP contribution in [0.2, 0.25) is 5.02 Å². The third kappa shape index (κ3) is 6.08. The van der Waals surface area contributed by atoms with Crippen molar-refractivity contribution < 1.29 is 14.2 Å². The monoisotopic (exact) mass is 541 g/mol. The predicted octanol–water partition coefficient (Wildman–Crippen LogP) is 3.67. The van der Waals surface area contributed by atoms with Crippen molar-refractivity contribution in [1.29, 1.82) is 0 Å². The van der Waals surface area contributed by atoms with Crippen LogP contribution < -0.4 is 21.7 Å². The molecule has 1 N–H and O–H groups in total. The van der Waals surface area contributed by atoms with Crippen molar-refractivity contribution in [2.24, 2.45) is 4.99 Å². The summed E-state index contributed by atoms with van der Waals surface area (Å²) in [5.41, 5.74) is 0.343. The topological polar surface area (TPSA) is 113 Å². The molecule has 1 aliphatic heterocycles. The van der Waals surface area contributed by atoms with E-state index < -0.39 is 23.3 Å². The van der Waals surface area contributed by atoms with Crippen molar-refractivity contribution in [3.8, 4) is 10.9 Å². The molecule has 3 heterocycles. The largest absolute Gasteiger partial charge is 0.431 e. The highest BCUT2D eigenvalue weighted by atomic mass is 35.5. The third-order valence-electron chi connectivity index (χ3n) is 5.58. The van der Waals surface area contributed by atoms with Gasteiger partial charge < -0.3 is 14.2 Å². The average Bonchev–Trinajstić information content (AvgIpc) is 3.50. The zero-order valence-electron chi connectivity index (χ0n) is 20.1. The number of aromatic nitrogens is 4. The second kappa shape index (κ2) is 10.5. The van der Waals surface area contributed by atoms with Gasteiger partial charge in [-0.15, -0.1) is 0 Å². The Bertz CT molecular complexity index is 1560. The van der Waals surface area contributed by atoms with Crippen molar-refractivity contribution in [1.82, 2.24) is 19.1 Å². The summed E-state index contributed by atoms with van der Waals surface area (Å²) in [6.45, 7) is 4.06. The third-order valence-corrected chi connectivity index (χ3v) is 6.48. The fourth-order valence-corrected chi connectivity index (χ4v) is 4.48. The maximum atomic E-state index is 13.6. The molecule has 2 aromatic carbocycles. The highest BCUT2D eigenvalue weighted by Crippen LogP contribution is 2.25. The van der Waals surface area contributed by atoms with Gasteiger partial charge in [-0.1, -0.05) is 35.1 Å². The Hall–Kier alpha value is -3.51. The van der Waals surface area contributed by atoms with Gasteiger partial charge in [-0.2, -0.15) is 0 Å². The summed E-state index contributed by atoms with van der Waals surface area (Å²) in [4.78, 5) is 37.9. The lowest BCUT2D eigenvalue weighted by molar-refractivity contribution is -0.139. The minimum Gasteiger partial charge on any atom is -0.431 e. The van der Waals surface area contributed by atoms with Gasteiger partial charge in [0.05, 0.1) is 25.4 Å². The molecule has 192 valence electrons. The van der Waals surface area contributed by atoms with Gasteiger partial charge in [-0.3, -0.25) is 9.55 Å². The van der Waals surface area contributed by atoms with Gasteiger partial charge in [-0.25, -0.2) is 24.1 Å². The van der Waals surface area contributed by atoms with E-state index in [0.717, 1.165) is 10.1 Å². The van der Waals surface area contributed by atoms with E-state index in [0.29, 0.717) is 21.7 Å². The first-order chi connectivity index (χ1) is 17.8. The highest BCUT2D eigenvalue weighted by molar-refractivity contribution is 7.11. The normalized spacial score (nSPS) is 17.3. The summed E-state index contributed by atoms with van der Waals surface area (Å²) in [5.74, 6) is -0.182. The van der Waals surface area contributed by atoms with Crippen molar-refractivity contribution in [3.63, 3.8) is 0 Å². The lowest BCUT2D eigenvalue weighted by Crippen LogP contribution is -2.51. The van der Waals surface area contributed by atoms with E-state index in [4.69, 9.17) is 25.8 Å². The molecule has 0 aliphatic carbocycles. The summed E-state index contributed by atoms with van der Waals surface area (Å²) >= 11 is 7.41. The van der Waals surface area contributed by atoms with Crippen LogP contribution in [-0.2, 0) is 22.6 Å².